The van der Waals surface area contributed by atoms with Gasteiger partial charge in [0, 0.05) is 13.1 Å². The number of amides is 1. The molecule has 0 aromatic heterocycles. The molecule has 0 aliphatic carbocycles. The van der Waals surface area contributed by atoms with E-state index in [0.717, 1.165) is 44.5 Å². The number of carbonyl (C=O) groups is 1. The van der Waals surface area contributed by atoms with Crippen LogP contribution in [0, 0.1) is 12.8 Å². The highest BCUT2D eigenvalue weighted by Crippen LogP contribution is 2.24. The minimum Gasteiger partial charge on any atom is -0.507 e. The van der Waals surface area contributed by atoms with Crippen molar-refractivity contribution < 1.29 is 9.90 Å². The normalized spacial score (nSPS) is 16.6. The van der Waals surface area contributed by atoms with Gasteiger partial charge in [0.15, 0.2) is 0 Å². The molecule has 1 amide bonds. The number of carbonyl (C=O) groups excluding carboxylic acids is 1. The summed E-state index contributed by atoms with van der Waals surface area (Å²) in [5.41, 5.74) is 6.97. The predicted octanol–water partition coefficient (Wildman–Crippen LogP) is 1.90. The van der Waals surface area contributed by atoms with Gasteiger partial charge in [-0.3, -0.25) is 4.79 Å². The minimum atomic E-state index is -0.0626. The van der Waals surface area contributed by atoms with Crippen molar-refractivity contribution in [1.29, 1.82) is 0 Å². The Kier molecular flexibility index (Phi) is 4.43. The van der Waals surface area contributed by atoms with Crippen LogP contribution in [0.25, 0.3) is 0 Å². The van der Waals surface area contributed by atoms with Crippen LogP contribution < -0.4 is 5.73 Å². The van der Waals surface area contributed by atoms with Gasteiger partial charge in [-0.25, -0.2) is 0 Å². The summed E-state index contributed by atoms with van der Waals surface area (Å²) < 4.78 is 0. The fourth-order valence-electron chi connectivity index (χ4n) is 2.65. The van der Waals surface area contributed by atoms with Crippen LogP contribution in [0.15, 0.2) is 18.2 Å². The second-order valence-corrected chi connectivity index (χ2v) is 5.33. The van der Waals surface area contributed by atoms with E-state index in [1.807, 2.05) is 11.8 Å². The van der Waals surface area contributed by atoms with Gasteiger partial charge in [0.2, 0.25) is 0 Å². The van der Waals surface area contributed by atoms with Gasteiger partial charge in [-0.15, -0.1) is 0 Å². The van der Waals surface area contributed by atoms with Gasteiger partial charge in [0.05, 0.1) is 5.56 Å². The molecule has 1 aromatic carbocycles. The number of phenols is 1. The molecule has 0 atom stereocenters. The molecule has 19 heavy (non-hydrogen) atoms. The largest absolute Gasteiger partial charge is 0.507 e. The third-order valence-corrected chi connectivity index (χ3v) is 3.86. The molecular formula is C15H22N2O2. The highest BCUT2D eigenvalue weighted by atomic mass is 16.3. The molecular weight excluding hydrogens is 240 g/mol. The van der Waals surface area contributed by atoms with Crippen LogP contribution in [0.1, 0.15) is 35.2 Å². The number of nitrogens with two attached hydrogens (primary N) is 1. The molecule has 1 aliphatic heterocycles. The molecule has 0 unspecified atom stereocenters. The number of rotatable bonds is 3. The Hall–Kier alpha value is -1.55. The van der Waals surface area contributed by atoms with Gasteiger partial charge < -0.3 is 15.7 Å². The van der Waals surface area contributed by atoms with Crippen molar-refractivity contribution in [3.05, 3.63) is 29.3 Å². The number of piperidine rings is 1. The molecule has 0 spiro atoms. The maximum absolute atomic E-state index is 12.4. The fraction of sp³-hybridized carbons (Fsp3) is 0.533. The molecule has 4 heteroatoms. The van der Waals surface area contributed by atoms with Gasteiger partial charge in [-0.2, -0.15) is 0 Å². The molecule has 4 nitrogen and oxygen atoms in total. The standard InChI is InChI=1S/C15H22N2O2/c1-11-2-3-14(18)13(10-11)15(19)17-8-5-12(4-7-16)6-9-17/h2-3,10,12,18H,4-9,16H2,1H3. The molecule has 2 rings (SSSR count). The minimum absolute atomic E-state index is 0.0626. The molecule has 1 fully saturated rings. The first-order valence-corrected chi connectivity index (χ1v) is 6.90. The van der Waals surface area contributed by atoms with E-state index in [2.05, 4.69) is 0 Å². The Morgan fingerprint density at radius 1 is 1.42 bits per heavy atom. The third-order valence-electron chi connectivity index (χ3n) is 3.86. The zero-order valence-corrected chi connectivity index (χ0v) is 11.4. The first kappa shape index (κ1) is 13.9. The van der Waals surface area contributed by atoms with Crippen molar-refractivity contribution in [3.8, 4) is 5.75 Å². The Bertz CT molecular complexity index is 451. The molecule has 1 aromatic rings. The lowest BCUT2D eigenvalue weighted by Gasteiger charge is -2.32. The van der Waals surface area contributed by atoms with Crippen LogP contribution in [0.5, 0.6) is 5.75 Å². The van der Waals surface area contributed by atoms with Gasteiger partial charge in [-0.05, 0) is 50.8 Å². The number of hydrogen-bond donors (Lipinski definition) is 2. The van der Waals surface area contributed by atoms with Crippen molar-refractivity contribution in [3.63, 3.8) is 0 Å². The van der Waals surface area contributed by atoms with Crippen LogP contribution in [-0.4, -0.2) is 35.5 Å². The lowest BCUT2D eigenvalue weighted by atomic mass is 9.93. The zero-order valence-electron chi connectivity index (χ0n) is 11.4. The van der Waals surface area contributed by atoms with E-state index < -0.39 is 0 Å². The fourth-order valence-corrected chi connectivity index (χ4v) is 2.65. The number of phenolic OH excluding ortho intramolecular Hbond substituents is 1. The van der Waals surface area contributed by atoms with Crippen molar-refractivity contribution in [1.82, 2.24) is 4.90 Å². The second-order valence-electron chi connectivity index (χ2n) is 5.33. The third kappa shape index (κ3) is 3.26. The van der Waals surface area contributed by atoms with Gasteiger partial charge in [-0.1, -0.05) is 11.6 Å². The van der Waals surface area contributed by atoms with Gasteiger partial charge >= 0.3 is 0 Å². The predicted molar refractivity (Wildman–Crippen MR) is 75.1 cm³/mol. The summed E-state index contributed by atoms with van der Waals surface area (Å²) in [6.45, 7) is 4.16. The van der Waals surface area contributed by atoms with E-state index in [1.165, 1.54) is 0 Å². The number of hydrogen-bond acceptors (Lipinski definition) is 3. The monoisotopic (exact) mass is 262 g/mol. The molecule has 0 radical (unpaired) electrons. The lowest BCUT2D eigenvalue weighted by molar-refractivity contribution is 0.0685. The first-order valence-electron chi connectivity index (χ1n) is 6.90. The average Bonchev–Trinajstić information content (AvgIpc) is 2.42. The molecule has 1 heterocycles. The molecule has 104 valence electrons. The number of likely N-dealkylation sites (tertiary alicyclic amines) is 1. The van der Waals surface area contributed by atoms with E-state index in [9.17, 15) is 9.90 Å². The van der Waals surface area contributed by atoms with Crippen LogP contribution in [0.3, 0.4) is 0 Å². The number of aromatic hydroxyl groups is 1. The summed E-state index contributed by atoms with van der Waals surface area (Å²) >= 11 is 0. The summed E-state index contributed by atoms with van der Waals surface area (Å²) in [5.74, 6) is 0.646. The van der Waals surface area contributed by atoms with Crippen molar-refractivity contribution in [2.24, 2.45) is 11.7 Å². The molecule has 1 saturated heterocycles. The molecule has 3 N–H and O–H groups in total. The van der Waals surface area contributed by atoms with Crippen molar-refractivity contribution >= 4 is 5.91 Å². The van der Waals surface area contributed by atoms with Crippen LogP contribution >= 0.6 is 0 Å². The highest BCUT2D eigenvalue weighted by Gasteiger charge is 2.24. The smallest absolute Gasteiger partial charge is 0.257 e. The van der Waals surface area contributed by atoms with E-state index in [0.29, 0.717) is 11.5 Å². The number of benzene rings is 1. The van der Waals surface area contributed by atoms with E-state index in [4.69, 9.17) is 5.73 Å². The first-order chi connectivity index (χ1) is 9.11. The molecule has 1 aliphatic rings. The Balaban J connectivity index is 2.03. The maximum atomic E-state index is 12.4. The van der Waals surface area contributed by atoms with Crippen molar-refractivity contribution in [2.75, 3.05) is 19.6 Å². The quantitative estimate of drug-likeness (QED) is 0.874. The Morgan fingerprint density at radius 3 is 2.74 bits per heavy atom. The highest BCUT2D eigenvalue weighted by molar-refractivity contribution is 5.97. The summed E-state index contributed by atoms with van der Waals surface area (Å²) in [4.78, 5) is 14.2. The van der Waals surface area contributed by atoms with E-state index in [-0.39, 0.29) is 11.7 Å². The average molecular weight is 262 g/mol. The molecule has 0 saturated carbocycles. The summed E-state index contributed by atoms with van der Waals surface area (Å²) in [6, 6.07) is 5.15. The number of aryl methyl sites for hydroxylation is 1. The Morgan fingerprint density at radius 2 is 2.11 bits per heavy atom. The Labute approximate surface area is 114 Å². The van der Waals surface area contributed by atoms with E-state index in [1.54, 1.807) is 18.2 Å². The van der Waals surface area contributed by atoms with Crippen LogP contribution in [-0.2, 0) is 0 Å². The lowest BCUT2D eigenvalue weighted by Crippen LogP contribution is -2.38. The van der Waals surface area contributed by atoms with Crippen LogP contribution in [0.2, 0.25) is 0 Å². The van der Waals surface area contributed by atoms with Gasteiger partial charge in [0.25, 0.3) is 5.91 Å². The summed E-state index contributed by atoms with van der Waals surface area (Å²) in [5, 5.41) is 9.81. The topological polar surface area (TPSA) is 66.6 Å². The van der Waals surface area contributed by atoms with Gasteiger partial charge in [0.1, 0.15) is 5.75 Å². The maximum Gasteiger partial charge on any atom is 0.257 e. The second kappa shape index (κ2) is 6.06. The SMILES string of the molecule is Cc1ccc(O)c(C(=O)N2CCC(CCN)CC2)c1. The summed E-state index contributed by atoms with van der Waals surface area (Å²) in [6.07, 6.45) is 3.06. The van der Waals surface area contributed by atoms with Crippen LogP contribution in [0.4, 0.5) is 0 Å². The van der Waals surface area contributed by atoms with E-state index >= 15 is 0 Å². The molecule has 0 bridgehead atoms. The number of nitrogens with zero attached hydrogens (tertiary/aromatic N) is 1. The van der Waals surface area contributed by atoms with Crippen molar-refractivity contribution in [2.45, 2.75) is 26.2 Å². The zero-order chi connectivity index (χ0) is 13.8. The summed E-state index contributed by atoms with van der Waals surface area (Å²) in [7, 11) is 0.